The number of aromatic nitrogens is 4. The minimum atomic E-state index is -0.285. The van der Waals surface area contributed by atoms with Crippen LogP contribution in [0.4, 0.5) is 0 Å². The van der Waals surface area contributed by atoms with Crippen LogP contribution < -0.4 is 14.8 Å². The highest BCUT2D eigenvalue weighted by molar-refractivity contribution is 5.92. The van der Waals surface area contributed by atoms with E-state index >= 15 is 0 Å². The third-order valence-electron chi connectivity index (χ3n) is 4.27. The van der Waals surface area contributed by atoms with E-state index in [0.29, 0.717) is 36.9 Å². The Morgan fingerprint density at radius 1 is 1.14 bits per heavy atom. The summed E-state index contributed by atoms with van der Waals surface area (Å²) in [5.74, 6) is 0.951. The number of hydrogen-bond acceptors (Lipinski definition) is 7. The Balaban J connectivity index is 1.63. The molecule has 0 unspecified atom stereocenters. The third-order valence-corrected chi connectivity index (χ3v) is 4.27. The topological polar surface area (TPSA) is 99.1 Å². The minimum absolute atomic E-state index is 0.247. The van der Waals surface area contributed by atoms with Gasteiger partial charge in [0, 0.05) is 30.1 Å². The van der Waals surface area contributed by atoms with Gasteiger partial charge in [-0.1, -0.05) is 0 Å². The molecule has 0 spiro atoms. The molecule has 29 heavy (non-hydrogen) atoms. The molecule has 1 amide bonds. The van der Waals surface area contributed by atoms with E-state index in [1.165, 1.54) is 6.20 Å². The quantitative estimate of drug-likeness (QED) is 0.628. The van der Waals surface area contributed by atoms with Crippen LogP contribution in [0, 0.1) is 6.92 Å². The summed E-state index contributed by atoms with van der Waals surface area (Å²) in [6, 6.07) is 5.52. The van der Waals surface area contributed by atoms with Crippen molar-refractivity contribution in [2.24, 2.45) is 0 Å². The van der Waals surface area contributed by atoms with E-state index in [-0.39, 0.29) is 11.6 Å². The fourth-order valence-corrected chi connectivity index (χ4v) is 2.70. The number of ether oxygens (including phenoxy) is 2. The van der Waals surface area contributed by atoms with Crippen molar-refractivity contribution in [2.45, 2.75) is 20.3 Å². The zero-order valence-electron chi connectivity index (χ0n) is 16.7. The van der Waals surface area contributed by atoms with Gasteiger partial charge in [0.05, 0.1) is 38.0 Å². The van der Waals surface area contributed by atoms with Crippen molar-refractivity contribution in [1.82, 2.24) is 25.3 Å². The van der Waals surface area contributed by atoms with Crippen LogP contribution in [0.15, 0.2) is 43.0 Å². The summed E-state index contributed by atoms with van der Waals surface area (Å²) in [5, 5.41) is 2.87. The van der Waals surface area contributed by atoms with Crippen molar-refractivity contribution in [3.05, 3.63) is 59.9 Å². The number of carbonyl (C=O) groups excluding carboxylic acids is 1. The summed E-state index contributed by atoms with van der Waals surface area (Å²) < 4.78 is 10.5. The molecule has 0 atom stereocenters. The van der Waals surface area contributed by atoms with Gasteiger partial charge in [-0.25, -0.2) is 9.97 Å². The van der Waals surface area contributed by atoms with Crippen molar-refractivity contribution in [3.8, 4) is 22.9 Å². The van der Waals surface area contributed by atoms with Crippen LogP contribution >= 0.6 is 0 Å². The van der Waals surface area contributed by atoms with E-state index in [2.05, 4.69) is 25.3 Å². The summed E-state index contributed by atoms with van der Waals surface area (Å²) in [6.07, 6.45) is 7.00. The maximum Gasteiger partial charge on any atom is 0.271 e. The second-order valence-corrected chi connectivity index (χ2v) is 6.23. The molecule has 0 saturated heterocycles. The Morgan fingerprint density at radius 2 is 2.00 bits per heavy atom. The smallest absolute Gasteiger partial charge is 0.271 e. The van der Waals surface area contributed by atoms with Gasteiger partial charge in [-0.15, -0.1) is 0 Å². The van der Waals surface area contributed by atoms with Crippen LogP contribution in [0.3, 0.4) is 0 Å². The number of aryl methyl sites for hydroxylation is 1. The predicted molar refractivity (Wildman–Crippen MR) is 108 cm³/mol. The number of pyridine rings is 2. The highest BCUT2D eigenvalue weighted by Gasteiger charge is 2.11. The van der Waals surface area contributed by atoms with Crippen LogP contribution in [0.5, 0.6) is 11.6 Å². The van der Waals surface area contributed by atoms with Crippen molar-refractivity contribution < 1.29 is 14.3 Å². The summed E-state index contributed by atoms with van der Waals surface area (Å²) >= 11 is 0. The number of carbonyl (C=O) groups is 1. The van der Waals surface area contributed by atoms with Crippen LogP contribution in [0.1, 0.15) is 28.7 Å². The van der Waals surface area contributed by atoms with Gasteiger partial charge in [-0.3, -0.25) is 14.8 Å². The molecular formula is C21H23N5O3. The van der Waals surface area contributed by atoms with Gasteiger partial charge in [0.15, 0.2) is 0 Å². The summed E-state index contributed by atoms with van der Waals surface area (Å²) in [6.45, 7) is 4.82. The first-order chi connectivity index (χ1) is 14.1. The molecule has 3 aromatic rings. The molecule has 0 aromatic carbocycles. The van der Waals surface area contributed by atoms with Gasteiger partial charge < -0.3 is 14.8 Å². The van der Waals surface area contributed by atoms with E-state index in [9.17, 15) is 4.79 Å². The van der Waals surface area contributed by atoms with Crippen LogP contribution in [0.2, 0.25) is 0 Å². The number of nitrogens with one attached hydrogen (secondary N) is 1. The van der Waals surface area contributed by atoms with Gasteiger partial charge in [0.2, 0.25) is 5.88 Å². The molecule has 3 rings (SSSR count). The Bertz CT molecular complexity index is 976. The van der Waals surface area contributed by atoms with Crippen molar-refractivity contribution in [1.29, 1.82) is 0 Å². The number of nitrogens with zero attached hydrogens (tertiary/aromatic N) is 4. The van der Waals surface area contributed by atoms with Crippen molar-refractivity contribution in [2.75, 3.05) is 20.3 Å². The van der Waals surface area contributed by atoms with Gasteiger partial charge in [-0.2, -0.15) is 0 Å². The second kappa shape index (κ2) is 9.59. The largest absolute Gasteiger partial charge is 0.495 e. The second-order valence-electron chi connectivity index (χ2n) is 6.23. The monoisotopic (exact) mass is 393 g/mol. The lowest BCUT2D eigenvalue weighted by Gasteiger charge is -2.09. The SMILES string of the molecule is CCOc1ccc(-c2cncc(C(=O)NCCc3cc(OC)cnc3C)n2)cn1. The van der Waals surface area contributed by atoms with E-state index in [4.69, 9.17) is 9.47 Å². The average molecular weight is 393 g/mol. The lowest BCUT2D eigenvalue weighted by molar-refractivity contribution is 0.0949. The molecule has 8 nitrogen and oxygen atoms in total. The standard InChI is InChI=1S/C21H23N5O3/c1-4-29-20-6-5-16(10-25-20)18-12-22-13-19(26-18)21(27)23-8-7-15-9-17(28-3)11-24-14(15)2/h5-6,9-13H,4,7-8H2,1-3H3,(H,23,27). The first-order valence-corrected chi connectivity index (χ1v) is 9.29. The Morgan fingerprint density at radius 3 is 2.72 bits per heavy atom. The average Bonchev–Trinajstić information content (AvgIpc) is 2.76. The fraction of sp³-hybridized carbons (Fsp3) is 0.286. The summed E-state index contributed by atoms with van der Waals surface area (Å²) in [4.78, 5) is 29.5. The van der Waals surface area contributed by atoms with E-state index < -0.39 is 0 Å². The molecular weight excluding hydrogens is 370 g/mol. The van der Waals surface area contributed by atoms with Crippen LogP contribution in [0.25, 0.3) is 11.3 Å². The maximum absolute atomic E-state index is 12.5. The molecule has 3 aromatic heterocycles. The molecule has 0 aliphatic carbocycles. The Labute approximate surface area is 169 Å². The van der Waals surface area contributed by atoms with Crippen molar-refractivity contribution >= 4 is 5.91 Å². The first-order valence-electron chi connectivity index (χ1n) is 9.29. The lowest BCUT2D eigenvalue weighted by atomic mass is 10.1. The fourth-order valence-electron chi connectivity index (χ4n) is 2.70. The highest BCUT2D eigenvalue weighted by Crippen LogP contribution is 2.18. The van der Waals surface area contributed by atoms with Gasteiger partial charge in [0.25, 0.3) is 5.91 Å². The van der Waals surface area contributed by atoms with Crippen LogP contribution in [-0.2, 0) is 6.42 Å². The first kappa shape index (κ1) is 20.2. The van der Waals surface area contributed by atoms with Gasteiger partial charge in [-0.05, 0) is 38.0 Å². The predicted octanol–water partition coefficient (Wildman–Crippen LogP) is 2.62. The van der Waals surface area contributed by atoms with Gasteiger partial charge in [0.1, 0.15) is 11.4 Å². The van der Waals surface area contributed by atoms with E-state index in [0.717, 1.165) is 16.8 Å². The zero-order valence-corrected chi connectivity index (χ0v) is 16.7. The third kappa shape index (κ3) is 5.25. The van der Waals surface area contributed by atoms with Crippen molar-refractivity contribution in [3.63, 3.8) is 0 Å². The van der Waals surface area contributed by atoms with E-state index in [1.807, 2.05) is 26.0 Å². The normalized spacial score (nSPS) is 10.4. The molecule has 0 aliphatic rings. The molecule has 3 heterocycles. The summed E-state index contributed by atoms with van der Waals surface area (Å²) in [5.41, 5.74) is 3.50. The van der Waals surface area contributed by atoms with E-state index in [1.54, 1.807) is 31.8 Å². The number of hydrogen-bond donors (Lipinski definition) is 1. The molecule has 150 valence electrons. The number of amides is 1. The Kier molecular flexibility index (Phi) is 6.67. The number of rotatable bonds is 8. The molecule has 0 radical (unpaired) electrons. The maximum atomic E-state index is 12.5. The molecule has 1 N–H and O–H groups in total. The molecule has 0 saturated carbocycles. The molecule has 0 aliphatic heterocycles. The Hall–Kier alpha value is -3.55. The molecule has 0 fully saturated rings. The summed E-state index contributed by atoms with van der Waals surface area (Å²) in [7, 11) is 1.60. The molecule has 0 bridgehead atoms. The number of methoxy groups -OCH3 is 1. The molecule has 8 heteroatoms. The zero-order chi connectivity index (χ0) is 20.6. The highest BCUT2D eigenvalue weighted by atomic mass is 16.5. The lowest BCUT2D eigenvalue weighted by Crippen LogP contribution is -2.27. The van der Waals surface area contributed by atoms with Crippen LogP contribution in [-0.4, -0.2) is 46.1 Å². The van der Waals surface area contributed by atoms with Gasteiger partial charge >= 0.3 is 0 Å². The minimum Gasteiger partial charge on any atom is -0.495 e.